The van der Waals surface area contributed by atoms with E-state index in [9.17, 15) is 0 Å². The van der Waals surface area contributed by atoms with Crippen LogP contribution in [0.1, 0.15) is 74.9 Å². The van der Waals surface area contributed by atoms with Crippen LogP contribution in [-0.2, 0) is 12.8 Å². The molecule has 0 bridgehead atoms. The summed E-state index contributed by atoms with van der Waals surface area (Å²) < 4.78 is 5.69. The van der Waals surface area contributed by atoms with Crippen LogP contribution in [0.3, 0.4) is 0 Å². The minimum atomic E-state index is 0.879. The fraction of sp³-hybridized carbons (Fsp3) is 0.261. The second kappa shape index (κ2) is 24.6. The summed E-state index contributed by atoms with van der Waals surface area (Å²) in [5.74, 6) is 1.76. The summed E-state index contributed by atoms with van der Waals surface area (Å²) >= 11 is 0. The molecule has 0 saturated heterocycles. The van der Waals surface area contributed by atoms with E-state index in [1.54, 1.807) is 0 Å². The van der Waals surface area contributed by atoms with Gasteiger partial charge in [0, 0.05) is 0 Å². The van der Waals surface area contributed by atoms with Crippen LogP contribution in [0.4, 0.5) is 0 Å². The van der Waals surface area contributed by atoms with E-state index in [1.807, 2.05) is 76.2 Å². The highest BCUT2D eigenvalue weighted by Gasteiger charge is 1.96. The van der Waals surface area contributed by atoms with E-state index in [1.165, 1.54) is 44.2 Å². The second-order valence-electron chi connectivity index (χ2n) is 10.8. The number of hydrogen-bond donors (Lipinski definition) is 0. The zero-order valence-corrected chi connectivity index (χ0v) is 30.7. The Labute approximate surface area is 287 Å². The first-order valence-electron chi connectivity index (χ1n) is 17.2. The maximum absolute atomic E-state index is 5.69. The topological polar surface area (TPSA) is 9.23 Å². The van der Waals surface area contributed by atoms with Crippen LogP contribution in [0.25, 0.3) is 10.8 Å². The molecule has 0 spiro atoms. The van der Waals surface area contributed by atoms with Crippen molar-refractivity contribution >= 4 is 10.8 Å². The maximum Gasteiger partial charge on any atom is 0.127 e. The molecule has 248 valence electrons. The van der Waals surface area contributed by atoms with Gasteiger partial charge in [-0.2, -0.15) is 0 Å². The molecule has 0 fully saturated rings. The molecular formula is C46H58O. The van der Waals surface area contributed by atoms with Gasteiger partial charge in [0.15, 0.2) is 0 Å². The first-order chi connectivity index (χ1) is 22.9. The van der Waals surface area contributed by atoms with Crippen molar-refractivity contribution in [1.29, 1.82) is 0 Å². The van der Waals surface area contributed by atoms with E-state index in [2.05, 4.69) is 139 Å². The molecule has 0 unspecified atom stereocenters. The zero-order valence-electron chi connectivity index (χ0n) is 30.7. The van der Waals surface area contributed by atoms with Crippen molar-refractivity contribution in [2.45, 2.75) is 82.1 Å². The Morgan fingerprint density at radius 2 is 0.574 bits per heavy atom. The van der Waals surface area contributed by atoms with Gasteiger partial charge in [-0.1, -0.05) is 185 Å². The summed E-state index contributed by atoms with van der Waals surface area (Å²) in [5, 5.41) is 2.62. The number of hydrogen-bond acceptors (Lipinski definition) is 1. The van der Waals surface area contributed by atoms with Crippen LogP contribution in [0.15, 0.2) is 146 Å². The monoisotopic (exact) mass is 626 g/mol. The quantitative estimate of drug-likeness (QED) is 0.189. The molecule has 0 aliphatic carbocycles. The normalized spacial score (nSPS) is 9.23. The molecule has 0 aliphatic rings. The molecule has 0 amide bonds. The number of aryl methyl sites for hydroxylation is 6. The standard InChI is InChI=1S/C14H14O.C10H8.C10H14.C8H10.2C2H6/c1-11-3-7-13(8-4-11)15-14-9-5-12(2)6-10-14;1-2-6-10-8-4-3-7-9(10)5-1;1-3-9-5-7-10(4-2)8-6-9;1-7-3-5-8(2)6-4-7;2*1-2/h3-10H,1-2H3;1-8H;5-8H,3-4H2,1-2H3;3-6H,1-2H3;2*1-2H3. The summed E-state index contributed by atoms with van der Waals surface area (Å²) in [6.45, 7) is 20.7. The van der Waals surface area contributed by atoms with Crippen LogP contribution in [0.5, 0.6) is 11.5 Å². The predicted octanol–water partition coefficient (Wildman–Crippen LogP) is 14.1. The van der Waals surface area contributed by atoms with Crippen LogP contribution in [0.2, 0.25) is 0 Å². The lowest BCUT2D eigenvalue weighted by molar-refractivity contribution is 0.482. The molecule has 0 aliphatic heterocycles. The molecule has 0 radical (unpaired) electrons. The van der Waals surface area contributed by atoms with E-state index >= 15 is 0 Å². The van der Waals surface area contributed by atoms with Gasteiger partial charge >= 0.3 is 0 Å². The molecule has 0 aromatic heterocycles. The minimum Gasteiger partial charge on any atom is -0.457 e. The lowest BCUT2D eigenvalue weighted by Crippen LogP contribution is -1.84. The van der Waals surface area contributed by atoms with E-state index in [0.717, 1.165) is 24.3 Å². The average molecular weight is 627 g/mol. The fourth-order valence-corrected chi connectivity index (χ4v) is 4.13. The highest BCUT2D eigenvalue weighted by Crippen LogP contribution is 2.21. The maximum atomic E-state index is 5.69. The summed E-state index contributed by atoms with van der Waals surface area (Å²) in [6, 6.07) is 50.1. The Morgan fingerprint density at radius 1 is 0.340 bits per heavy atom. The van der Waals surface area contributed by atoms with Gasteiger partial charge in [0.25, 0.3) is 0 Å². The Morgan fingerprint density at radius 3 is 0.809 bits per heavy atom. The van der Waals surface area contributed by atoms with Crippen molar-refractivity contribution in [3.8, 4) is 11.5 Å². The second-order valence-corrected chi connectivity index (χ2v) is 10.8. The molecule has 1 heteroatoms. The smallest absolute Gasteiger partial charge is 0.127 e. The van der Waals surface area contributed by atoms with Crippen LogP contribution < -0.4 is 4.74 Å². The largest absolute Gasteiger partial charge is 0.457 e. The van der Waals surface area contributed by atoms with Crippen molar-refractivity contribution in [3.05, 3.63) is 179 Å². The van der Waals surface area contributed by atoms with Gasteiger partial charge in [-0.05, 0) is 86.7 Å². The van der Waals surface area contributed by atoms with E-state index in [4.69, 9.17) is 4.74 Å². The summed E-state index contributed by atoms with van der Waals surface area (Å²) in [5.41, 5.74) is 8.00. The van der Waals surface area contributed by atoms with E-state index < -0.39 is 0 Å². The van der Waals surface area contributed by atoms with Crippen LogP contribution in [0, 0.1) is 27.7 Å². The van der Waals surface area contributed by atoms with Crippen molar-refractivity contribution < 1.29 is 4.74 Å². The Bertz CT molecular complexity index is 1440. The molecule has 6 aromatic carbocycles. The van der Waals surface area contributed by atoms with E-state index in [-0.39, 0.29) is 0 Å². The third-order valence-electron chi connectivity index (χ3n) is 6.99. The Balaban J connectivity index is 0.000000310. The molecule has 0 heterocycles. The number of ether oxygens (including phenoxy) is 1. The minimum absolute atomic E-state index is 0.879. The van der Waals surface area contributed by atoms with Crippen molar-refractivity contribution in [2.75, 3.05) is 0 Å². The number of fused-ring (bicyclic) bond motifs is 1. The van der Waals surface area contributed by atoms with Crippen LogP contribution >= 0.6 is 0 Å². The molecule has 6 rings (SSSR count). The van der Waals surface area contributed by atoms with Gasteiger partial charge in [-0.15, -0.1) is 0 Å². The third-order valence-corrected chi connectivity index (χ3v) is 6.99. The molecule has 0 N–H and O–H groups in total. The van der Waals surface area contributed by atoms with Gasteiger partial charge in [0.05, 0.1) is 0 Å². The lowest BCUT2D eigenvalue weighted by atomic mass is 10.1. The van der Waals surface area contributed by atoms with E-state index in [0.29, 0.717) is 0 Å². The zero-order chi connectivity index (χ0) is 34.9. The summed E-state index contributed by atoms with van der Waals surface area (Å²) in [7, 11) is 0. The molecule has 1 nitrogen and oxygen atoms in total. The number of benzene rings is 6. The van der Waals surface area contributed by atoms with Gasteiger partial charge in [0.1, 0.15) is 11.5 Å². The molecule has 0 atom stereocenters. The predicted molar refractivity (Wildman–Crippen MR) is 210 cm³/mol. The molecular weight excluding hydrogens is 569 g/mol. The molecule has 6 aromatic rings. The molecule has 0 saturated carbocycles. The molecule has 47 heavy (non-hydrogen) atoms. The van der Waals surface area contributed by atoms with Gasteiger partial charge < -0.3 is 4.74 Å². The average Bonchev–Trinajstić information content (AvgIpc) is 3.14. The van der Waals surface area contributed by atoms with Gasteiger partial charge in [0.2, 0.25) is 0 Å². The summed E-state index contributed by atoms with van der Waals surface area (Å²) in [6.07, 6.45) is 2.29. The van der Waals surface area contributed by atoms with Crippen molar-refractivity contribution in [3.63, 3.8) is 0 Å². The SMILES string of the molecule is CC.CC.CCc1ccc(CC)cc1.Cc1ccc(C)cc1.Cc1ccc(Oc2ccc(C)cc2)cc1.c1ccc2ccccc2c1. The van der Waals surface area contributed by atoms with Gasteiger partial charge in [-0.25, -0.2) is 0 Å². The number of rotatable bonds is 4. The fourth-order valence-electron chi connectivity index (χ4n) is 4.13. The lowest BCUT2D eigenvalue weighted by Gasteiger charge is -2.05. The third kappa shape index (κ3) is 17.0. The van der Waals surface area contributed by atoms with Crippen molar-refractivity contribution in [1.82, 2.24) is 0 Å². The first-order valence-corrected chi connectivity index (χ1v) is 17.2. The van der Waals surface area contributed by atoms with Gasteiger partial charge in [-0.3, -0.25) is 0 Å². The highest BCUT2D eigenvalue weighted by atomic mass is 16.5. The summed E-state index contributed by atoms with van der Waals surface area (Å²) in [4.78, 5) is 0. The first kappa shape index (κ1) is 40.4. The van der Waals surface area contributed by atoms with Crippen molar-refractivity contribution in [2.24, 2.45) is 0 Å². The Hall–Kier alpha value is -4.62. The van der Waals surface area contributed by atoms with Crippen LogP contribution in [-0.4, -0.2) is 0 Å². The Kier molecular flexibility index (Phi) is 21.1. The highest BCUT2D eigenvalue weighted by molar-refractivity contribution is 5.82.